The monoisotopic (exact) mass is 444 g/mol. The van der Waals surface area contributed by atoms with Gasteiger partial charge in [-0.2, -0.15) is 13.2 Å². The fraction of sp³-hybridized carbons (Fsp3) is 0.136. The Balaban J connectivity index is 1.64. The number of alkyl halides is 3. The molecule has 0 saturated carbocycles. The van der Waals surface area contributed by atoms with E-state index in [9.17, 15) is 22.7 Å². The molecule has 2 aromatic heterocycles. The molecule has 0 aliphatic rings. The van der Waals surface area contributed by atoms with Crippen LogP contribution in [-0.4, -0.2) is 31.8 Å². The van der Waals surface area contributed by atoms with Crippen LogP contribution in [0.2, 0.25) is 0 Å². The number of nitrogens with zero attached hydrogens (tertiary/aromatic N) is 3. The molecule has 3 N–H and O–H groups in total. The van der Waals surface area contributed by atoms with E-state index in [0.717, 1.165) is 18.2 Å². The lowest BCUT2D eigenvalue weighted by molar-refractivity contribution is -0.137. The van der Waals surface area contributed by atoms with Crippen molar-refractivity contribution in [2.24, 2.45) is 0 Å². The van der Waals surface area contributed by atoms with Gasteiger partial charge in [0.2, 0.25) is 0 Å². The molecule has 0 fully saturated rings. The average Bonchev–Trinajstić information content (AvgIpc) is 2.78. The smallest absolute Gasteiger partial charge is 0.393 e. The Morgan fingerprint density at radius 2 is 1.72 bits per heavy atom. The first-order valence-electron chi connectivity index (χ1n) is 9.40. The Bertz CT molecular complexity index is 1260. The zero-order valence-electron chi connectivity index (χ0n) is 16.3. The Morgan fingerprint density at radius 1 is 0.969 bits per heavy atom. The number of benzene rings is 2. The maximum Gasteiger partial charge on any atom is 0.416 e. The number of hydrogen-bond donors (Lipinski definition) is 3. The molecule has 2 heterocycles. The normalized spacial score (nSPS) is 12.7. The predicted octanol–water partition coefficient (Wildman–Crippen LogP) is 4.62. The van der Waals surface area contributed by atoms with Crippen molar-refractivity contribution in [1.82, 2.24) is 15.0 Å². The van der Waals surface area contributed by atoms with E-state index < -0.39 is 30.3 Å². The molecule has 4 aromatic rings. The van der Waals surface area contributed by atoms with Crippen LogP contribution in [0.1, 0.15) is 17.2 Å². The minimum atomic E-state index is -4.42. The fourth-order valence-electron chi connectivity index (χ4n) is 3.14. The van der Waals surface area contributed by atoms with Gasteiger partial charge in [0.1, 0.15) is 29.8 Å². The first-order chi connectivity index (χ1) is 15.3. The topological polar surface area (TPSA) is 91.2 Å². The molecule has 10 heteroatoms. The van der Waals surface area contributed by atoms with E-state index in [2.05, 4.69) is 20.3 Å². The number of aromatic nitrogens is 3. The van der Waals surface area contributed by atoms with Gasteiger partial charge in [-0.3, -0.25) is 4.98 Å². The van der Waals surface area contributed by atoms with Crippen LogP contribution in [0.15, 0.2) is 61.1 Å². The zero-order chi connectivity index (χ0) is 22.9. The Hall–Kier alpha value is -3.63. The lowest BCUT2D eigenvalue weighted by atomic mass is 10.1. The van der Waals surface area contributed by atoms with E-state index in [1.165, 1.54) is 24.7 Å². The van der Waals surface area contributed by atoms with Crippen molar-refractivity contribution in [2.75, 3.05) is 11.9 Å². The molecule has 0 aliphatic carbocycles. The molecule has 4 rings (SSSR count). The first-order valence-corrected chi connectivity index (χ1v) is 9.40. The van der Waals surface area contributed by atoms with Crippen LogP contribution in [0.25, 0.3) is 22.2 Å². The third-order valence-corrected chi connectivity index (χ3v) is 4.80. The van der Waals surface area contributed by atoms with Crippen LogP contribution in [0.5, 0.6) is 0 Å². The summed E-state index contributed by atoms with van der Waals surface area (Å²) in [5.41, 5.74) is 0.739. The Morgan fingerprint density at radius 3 is 2.38 bits per heavy atom. The summed E-state index contributed by atoms with van der Waals surface area (Å²) in [5.74, 6) is -0.303. The molecule has 164 valence electrons. The number of anilines is 2. The molecule has 2 aromatic carbocycles. The van der Waals surface area contributed by atoms with Crippen LogP contribution in [-0.2, 0) is 6.18 Å². The number of aliphatic hydroxyl groups is 2. The number of halogens is 4. The summed E-state index contributed by atoms with van der Waals surface area (Å²) in [6.45, 7) is -0.554. The number of hydrogen-bond acceptors (Lipinski definition) is 6. The van der Waals surface area contributed by atoms with Gasteiger partial charge in [0.05, 0.1) is 17.7 Å². The molecule has 0 radical (unpaired) electrons. The lowest BCUT2D eigenvalue weighted by Crippen LogP contribution is -2.05. The van der Waals surface area contributed by atoms with Crippen LogP contribution in [0.3, 0.4) is 0 Å². The van der Waals surface area contributed by atoms with Gasteiger partial charge in [-0.25, -0.2) is 14.4 Å². The third kappa shape index (κ3) is 4.36. The van der Waals surface area contributed by atoms with E-state index in [-0.39, 0.29) is 11.3 Å². The minimum absolute atomic E-state index is 0.0386. The van der Waals surface area contributed by atoms with E-state index in [1.54, 1.807) is 18.2 Å². The lowest BCUT2D eigenvalue weighted by Gasteiger charge is -2.12. The molecule has 32 heavy (non-hydrogen) atoms. The van der Waals surface area contributed by atoms with Crippen LogP contribution in [0.4, 0.5) is 29.1 Å². The number of rotatable bonds is 5. The summed E-state index contributed by atoms with van der Waals surface area (Å²) < 4.78 is 52.8. The van der Waals surface area contributed by atoms with Crippen molar-refractivity contribution in [3.05, 3.63) is 78.0 Å². The van der Waals surface area contributed by atoms with E-state index >= 15 is 0 Å². The quantitative estimate of drug-likeness (QED) is 0.389. The summed E-state index contributed by atoms with van der Waals surface area (Å²) in [6, 6.07) is 10.5. The first kappa shape index (κ1) is 21.6. The second kappa shape index (κ2) is 8.48. The zero-order valence-corrected chi connectivity index (χ0v) is 16.3. The highest BCUT2D eigenvalue weighted by atomic mass is 19.4. The van der Waals surface area contributed by atoms with Crippen molar-refractivity contribution in [2.45, 2.75) is 12.3 Å². The highest BCUT2D eigenvalue weighted by Crippen LogP contribution is 2.32. The van der Waals surface area contributed by atoms with Gasteiger partial charge in [0, 0.05) is 28.4 Å². The SMILES string of the molecule is OC[C@@H](O)c1cnc(-c2ccc3c(Nc4ccc(C(F)(F)F)cc4)ncnc3c2)c(F)c1. The molecule has 0 saturated heterocycles. The molecule has 0 bridgehead atoms. The van der Waals surface area contributed by atoms with Gasteiger partial charge in [0.25, 0.3) is 0 Å². The average molecular weight is 444 g/mol. The third-order valence-electron chi connectivity index (χ3n) is 4.80. The molecular formula is C22H16F4N4O2. The summed E-state index contributed by atoms with van der Waals surface area (Å²) >= 11 is 0. The standard InChI is InChI=1S/C22H16F4N4O2/c23-17-7-13(19(32)10-31)9-27-20(17)12-1-6-16-18(8-12)28-11-29-21(16)30-15-4-2-14(3-5-15)22(24,25)26/h1-9,11,19,31-32H,10H2,(H,28,29,30)/t19-/m1/s1. The number of pyridine rings is 1. The maximum atomic E-state index is 14.5. The van der Waals surface area contributed by atoms with Crippen molar-refractivity contribution in [3.8, 4) is 11.3 Å². The van der Waals surface area contributed by atoms with Crippen LogP contribution >= 0.6 is 0 Å². The van der Waals surface area contributed by atoms with Crippen molar-refractivity contribution in [1.29, 1.82) is 0 Å². The summed E-state index contributed by atoms with van der Waals surface area (Å²) in [7, 11) is 0. The molecule has 6 nitrogen and oxygen atoms in total. The highest BCUT2D eigenvalue weighted by molar-refractivity contribution is 5.93. The van der Waals surface area contributed by atoms with Crippen LogP contribution in [0, 0.1) is 5.82 Å². The van der Waals surface area contributed by atoms with Gasteiger partial charge >= 0.3 is 6.18 Å². The molecule has 0 spiro atoms. The maximum absolute atomic E-state index is 14.5. The Labute approximate surface area is 179 Å². The predicted molar refractivity (Wildman–Crippen MR) is 109 cm³/mol. The molecule has 0 unspecified atom stereocenters. The molecule has 1 atom stereocenters. The second-order valence-corrected chi connectivity index (χ2v) is 6.95. The Kier molecular flexibility index (Phi) is 5.72. The van der Waals surface area contributed by atoms with E-state index in [4.69, 9.17) is 5.11 Å². The van der Waals surface area contributed by atoms with Gasteiger partial charge in [-0.15, -0.1) is 0 Å². The van der Waals surface area contributed by atoms with Crippen molar-refractivity contribution < 1.29 is 27.8 Å². The molecule has 0 amide bonds. The van der Waals surface area contributed by atoms with Crippen molar-refractivity contribution >= 4 is 22.4 Å². The molecular weight excluding hydrogens is 428 g/mol. The van der Waals surface area contributed by atoms with Crippen LogP contribution < -0.4 is 5.32 Å². The van der Waals surface area contributed by atoms with E-state index in [0.29, 0.717) is 28.0 Å². The second-order valence-electron chi connectivity index (χ2n) is 6.95. The minimum Gasteiger partial charge on any atom is -0.393 e. The highest BCUT2D eigenvalue weighted by Gasteiger charge is 2.30. The summed E-state index contributed by atoms with van der Waals surface area (Å²) in [6.07, 6.45) is -3.09. The van der Waals surface area contributed by atoms with Gasteiger partial charge in [-0.1, -0.05) is 6.07 Å². The fourth-order valence-corrected chi connectivity index (χ4v) is 3.14. The van der Waals surface area contributed by atoms with Gasteiger partial charge < -0.3 is 15.5 Å². The summed E-state index contributed by atoms with van der Waals surface area (Å²) in [5, 5.41) is 22.2. The van der Waals surface area contributed by atoms with Gasteiger partial charge in [-0.05, 0) is 42.5 Å². The van der Waals surface area contributed by atoms with Crippen molar-refractivity contribution in [3.63, 3.8) is 0 Å². The number of fused-ring (bicyclic) bond motifs is 1. The summed E-state index contributed by atoms with van der Waals surface area (Å²) in [4.78, 5) is 12.4. The number of nitrogens with one attached hydrogen (secondary N) is 1. The number of aliphatic hydroxyl groups excluding tert-OH is 2. The largest absolute Gasteiger partial charge is 0.416 e. The molecule has 0 aliphatic heterocycles. The van der Waals surface area contributed by atoms with E-state index in [1.807, 2.05) is 0 Å². The van der Waals surface area contributed by atoms with Gasteiger partial charge in [0.15, 0.2) is 0 Å².